The quantitative estimate of drug-likeness (QED) is 0.382. The normalized spacial score (nSPS) is 7.29. The summed E-state index contributed by atoms with van der Waals surface area (Å²) in [5, 5.41) is 0. The molecule has 7 heavy (non-hydrogen) atoms. The van der Waals surface area contributed by atoms with E-state index in [0.717, 1.165) is 6.29 Å². The lowest BCUT2D eigenvalue weighted by atomic mass is 10.6. The minimum absolute atomic E-state index is 0.750. The molecule has 0 unspecified atom stereocenters. The van der Waals surface area contributed by atoms with Gasteiger partial charge in [0.05, 0.1) is 0 Å². The number of aldehydes is 1. The van der Waals surface area contributed by atoms with E-state index >= 15 is 0 Å². The van der Waals surface area contributed by atoms with Crippen LogP contribution in [0.3, 0.4) is 0 Å². The summed E-state index contributed by atoms with van der Waals surface area (Å²) in [5.41, 5.74) is 4.50. The van der Waals surface area contributed by atoms with Crippen molar-refractivity contribution >= 4 is 6.29 Å². The van der Waals surface area contributed by atoms with Gasteiger partial charge in [-0.3, -0.25) is 4.79 Å². The van der Waals surface area contributed by atoms with Gasteiger partial charge in [0.15, 0.2) is 0 Å². The van der Waals surface area contributed by atoms with Gasteiger partial charge in [-0.25, -0.2) is 0 Å². The van der Waals surface area contributed by atoms with Gasteiger partial charge in [-0.1, -0.05) is 6.08 Å². The van der Waals surface area contributed by atoms with Crippen molar-refractivity contribution in [2.45, 2.75) is 6.92 Å². The Kier molecular flexibility index (Phi) is 25.1. The Morgan fingerprint density at radius 2 is 1.86 bits per heavy atom. The fourth-order valence-corrected chi connectivity index (χ4v) is 0.0786. The van der Waals surface area contributed by atoms with Crippen molar-refractivity contribution in [2.75, 3.05) is 7.05 Å². The fraction of sp³-hybridized carbons (Fsp3) is 0.400. The van der Waals surface area contributed by atoms with Gasteiger partial charge in [-0.15, -0.1) is 0 Å². The van der Waals surface area contributed by atoms with Crippen LogP contribution in [0.1, 0.15) is 6.92 Å². The Morgan fingerprint density at radius 1 is 1.43 bits per heavy atom. The zero-order valence-electron chi connectivity index (χ0n) is 4.72. The summed E-state index contributed by atoms with van der Waals surface area (Å²) in [4.78, 5) is 9.32. The van der Waals surface area contributed by atoms with Crippen molar-refractivity contribution in [2.24, 2.45) is 5.73 Å². The average Bonchev–Trinajstić information content (AvgIpc) is 1.75. The van der Waals surface area contributed by atoms with Crippen molar-refractivity contribution in [3.8, 4) is 0 Å². The molecule has 2 nitrogen and oxygen atoms in total. The van der Waals surface area contributed by atoms with Gasteiger partial charge in [0.1, 0.15) is 6.29 Å². The summed E-state index contributed by atoms with van der Waals surface area (Å²) in [6, 6.07) is 0. The van der Waals surface area contributed by atoms with E-state index in [-0.39, 0.29) is 0 Å². The van der Waals surface area contributed by atoms with E-state index in [2.05, 4.69) is 5.73 Å². The smallest absolute Gasteiger partial charge is 0.142 e. The van der Waals surface area contributed by atoms with Crippen LogP contribution in [0.5, 0.6) is 0 Å². The summed E-state index contributed by atoms with van der Waals surface area (Å²) in [6.45, 7) is 1.80. The summed E-state index contributed by atoms with van der Waals surface area (Å²) < 4.78 is 0. The molecule has 0 aliphatic rings. The Bertz CT molecular complexity index is 50.0. The van der Waals surface area contributed by atoms with E-state index in [4.69, 9.17) is 0 Å². The molecule has 0 spiro atoms. The molecule has 0 bridgehead atoms. The summed E-state index contributed by atoms with van der Waals surface area (Å²) >= 11 is 0. The average molecular weight is 101 g/mol. The summed E-state index contributed by atoms with van der Waals surface area (Å²) in [7, 11) is 1.50. The molecule has 0 aromatic heterocycles. The van der Waals surface area contributed by atoms with E-state index < -0.39 is 0 Å². The molecule has 0 aromatic rings. The largest absolute Gasteiger partial charge is 0.333 e. The number of carbonyl (C=O) groups is 1. The molecule has 0 aliphatic heterocycles. The molecule has 42 valence electrons. The number of allylic oxidation sites excluding steroid dienone is 2. The Labute approximate surface area is 44.0 Å². The van der Waals surface area contributed by atoms with Crippen molar-refractivity contribution in [1.29, 1.82) is 0 Å². The van der Waals surface area contributed by atoms with Gasteiger partial charge in [0.2, 0.25) is 0 Å². The van der Waals surface area contributed by atoms with Crippen LogP contribution in [-0.4, -0.2) is 13.3 Å². The first-order chi connectivity index (χ1) is 3.41. The van der Waals surface area contributed by atoms with Crippen molar-refractivity contribution < 1.29 is 4.79 Å². The second kappa shape index (κ2) is 18.3. The number of hydrogen-bond donors (Lipinski definition) is 1. The maximum absolute atomic E-state index is 9.32. The lowest BCUT2D eigenvalue weighted by Crippen LogP contribution is -1.69. The first-order valence-corrected chi connectivity index (χ1v) is 2.06. The van der Waals surface area contributed by atoms with Gasteiger partial charge in [0, 0.05) is 0 Å². The van der Waals surface area contributed by atoms with Crippen molar-refractivity contribution in [3.05, 3.63) is 12.2 Å². The molecule has 0 amide bonds. The molecule has 0 radical (unpaired) electrons. The number of nitrogens with two attached hydrogens (primary N) is 1. The lowest BCUT2D eigenvalue weighted by molar-refractivity contribution is -0.104. The van der Waals surface area contributed by atoms with Crippen molar-refractivity contribution in [1.82, 2.24) is 0 Å². The van der Waals surface area contributed by atoms with E-state index in [1.54, 1.807) is 13.0 Å². The van der Waals surface area contributed by atoms with Crippen LogP contribution in [0.2, 0.25) is 0 Å². The second-order valence-corrected chi connectivity index (χ2v) is 0.662. The Balaban J connectivity index is 0. The predicted octanol–water partition coefficient (Wildman–Crippen LogP) is 0.336. The Morgan fingerprint density at radius 3 is 1.86 bits per heavy atom. The van der Waals surface area contributed by atoms with Gasteiger partial charge >= 0.3 is 0 Å². The zero-order chi connectivity index (χ0) is 6.12. The highest BCUT2D eigenvalue weighted by Gasteiger charge is 1.48. The molecule has 0 rings (SSSR count). The van der Waals surface area contributed by atoms with Gasteiger partial charge < -0.3 is 5.73 Å². The van der Waals surface area contributed by atoms with Crippen LogP contribution in [0.4, 0.5) is 0 Å². The topological polar surface area (TPSA) is 43.1 Å². The maximum atomic E-state index is 9.32. The summed E-state index contributed by atoms with van der Waals surface area (Å²) in [5.74, 6) is 0. The molecule has 0 saturated carbocycles. The first kappa shape index (κ1) is 9.62. The first-order valence-electron chi connectivity index (χ1n) is 2.06. The molecular formula is C5H11NO. The molecular weight excluding hydrogens is 90.1 g/mol. The standard InChI is InChI=1S/C4H6O.CH5N/c1-2-3-4-5;1-2/h2-4H,1H3;2H2,1H3/b3-2+;. The van der Waals surface area contributed by atoms with Crippen LogP contribution < -0.4 is 5.73 Å². The minimum atomic E-state index is 0.750. The fourth-order valence-electron chi connectivity index (χ4n) is 0.0786. The van der Waals surface area contributed by atoms with Gasteiger partial charge in [0.25, 0.3) is 0 Å². The lowest BCUT2D eigenvalue weighted by Gasteiger charge is -1.51. The second-order valence-electron chi connectivity index (χ2n) is 0.662. The molecule has 0 fully saturated rings. The monoisotopic (exact) mass is 101 g/mol. The Hall–Kier alpha value is -0.630. The van der Waals surface area contributed by atoms with Gasteiger partial charge in [-0.2, -0.15) is 0 Å². The SMILES string of the molecule is C/C=C/C=O.CN. The number of hydrogen-bond acceptors (Lipinski definition) is 2. The third-order valence-corrected chi connectivity index (χ3v) is 0.271. The highest BCUT2D eigenvalue weighted by atomic mass is 16.1. The van der Waals surface area contributed by atoms with E-state index in [9.17, 15) is 4.79 Å². The van der Waals surface area contributed by atoms with Crippen LogP contribution >= 0.6 is 0 Å². The van der Waals surface area contributed by atoms with Crippen LogP contribution in [0, 0.1) is 0 Å². The van der Waals surface area contributed by atoms with Crippen molar-refractivity contribution in [3.63, 3.8) is 0 Å². The number of rotatable bonds is 1. The highest BCUT2D eigenvalue weighted by molar-refractivity contribution is 5.64. The van der Waals surface area contributed by atoms with E-state index in [1.807, 2.05) is 0 Å². The molecule has 0 atom stereocenters. The molecule has 0 aliphatic carbocycles. The molecule has 0 aromatic carbocycles. The van der Waals surface area contributed by atoms with E-state index in [1.165, 1.54) is 13.1 Å². The van der Waals surface area contributed by atoms with Gasteiger partial charge in [-0.05, 0) is 20.0 Å². The van der Waals surface area contributed by atoms with Crippen LogP contribution in [-0.2, 0) is 4.79 Å². The summed E-state index contributed by atoms with van der Waals surface area (Å²) in [6.07, 6.45) is 3.88. The maximum Gasteiger partial charge on any atom is 0.142 e. The molecule has 0 heterocycles. The van der Waals surface area contributed by atoms with Crippen LogP contribution in [0.15, 0.2) is 12.2 Å². The third-order valence-electron chi connectivity index (χ3n) is 0.271. The molecule has 2 N–H and O–H groups in total. The van der Waals surface area contributed by atoms with Crippen LogP contribution in [0.25, 0.3) is 0 Å². The number of carbonyl (C=O) groups excluding carboxylic acids is 1. The highest BCUT2D eigenvalue weighted by Crippen LogP contribution is 1.55. The molecule has 0 saturated heterocycles. The minimum Gasteiger partial charge on any atom is -0.333 e. The molecule has 2 heteroatoms. The zero-order valence-corrected chi connectivity index (χ0v) is 4.72. The third kappa shape index (κ3) is 32.5. The van der Waals surface area contributed by atoms with E-state index in [0.29, 0.717) is 0 Å². The predicted molar refractivity (Wildman–Crippen MR) is 31.0 cm³/mol.